The van der Waals surface area contributed by atoms with E-state index in [2.05, 4.69) is 40.9 Å². The van der Waals surface area contributed by atoms with E-state index in [0.717, 1.165) is 30.8 Å². The minimum absolute atomic E-state index is 0.0815. The summed E-state index contributed by atoms with van der Waals surface area (Å²) >= 11 is 7.81. The number of fused-ring (bicyclic) bond motifs is 1. The van der Waals surface area contributed by atoms with Crippen molar-refractivity contribution in [2.24, 2.45) is 0 Å². The average Bonchev–Trinajstić information content (AvgIpc) is 3.01. The van der Waals surface area contributed by atoms with Gasteiger partial charge in [-0.3, -0.25) is 9.69 Å². The molecule has 6 heteroatoms. The quantitative estimate of drug-likeness (QED) is 0.803. The zero-order valence-corrected chi connectivity index (χ0v) is 16.8. The first-order valence-corrected chi connectivity index (χ1v) is 10.3. The number of ether oxygens (including phenoxy) is 1. The Kier molecular flexibility index (Phi) is 6.57. The monoisotopic (exact) mass is 392 g/mol. The molecule has 1 N–H and O–H groups in total. The summed E-state index contributed by atoms with van der Waals surface area (Å²) in [5.41, 5.74) is 2.35. The molecule has 26 heavy (non-hydrogen) atoms. The molecule has 1 aromatic carbocycles. The summed E-state index contributed by atoms with van der Waals surface area (Å²) in [7, 11) is 0. The van der Waals surface area contributed by atoms with Crippen LogP contribution in [0.1, 0.15) is 31.4 Å². The maximum Gasteiger partial charge on any atom is 0.221 e. The fourth-order valence-electron chi connectivity index (χ4n) is 3.30. The second-order valence-electron chi connectivity index (χ2n) is 6.97. The Morgan fingerprint density at radius 1 is 1.46 bits per heavy atom. The number of carbonyl (C=O) groups is 1. The van der Waals surface area contributed by atoms with Gasteiger partial charge in [-0.25, -0.2) is 0 Å². The molecular formula is C20H25ClN2O2S. The highest BCUT2D eigenvalue weighted by Crippen LogP contribution is 2.28. The average molecular weight is 393 g/mol. The van der Waals surface area contributed by atoms with Crippen LogP contribution < -0.4 is 10.1 Å². The molecule has 1 amide bonds. The van der Waals surface area contributed by atoms with Gasteiger partial charge in [-0.2, -0.15) is 11.3 Å². The van der Waals surface area contributed by atoms with Crippen molar-refractivity contribution in [3.63, 3.8) is 0 Å². The van der Waals surface area contributed by atoms with E-state index in [1.165, 1.54) is 5.56 Å². The maximum absolute atomic E-state index is 12.3. The van der Waals surface area contributed by atoms with Crippen LogP contribution in [0.2, 0.25) is 5.02 Å². The largest absolute Gasteiger partial charge is 0.489 e. The Balaban J connectivity index is 1.51. The van der Waals surface area contributed by atoms with E-state index in [0.29, 0.717) is 18.0 Å². The molecule has 0 saturated heterocycles. The molecule has 2 heterocycles. The van der Waals surface area contributed by atoms with Crippen LogP contribution in [0.3, 0.4) is 0 Å². The minimum atomic E-state index is 0.0815. The van der Waals surface area contributed by atoms with Crippen molar-refractivity contribution in [1.29, 1.82) is 0 Å². The van der Waals surface area contributed by atoms with E-state index in [1.807, 2.05) is 18.2 Å². The Labute approximate surface area is 164 Å². The highest BCUT2D eigenvalue weighted by atomic mass is 35.5. The van der Waals surface area contributed by atoms with Crippen LogP contribution in [0, 0.1) is 0 Å². The van der Waals surface area contributed by atoms with Crippen LogP contribution >= 0.6 is 22.9 Å². The first-order chi connectivity index (χ1) is 12.5. The van der Waals surface area contributed by atoms with Crippen LogP contribution in [-0.4, -0.2) is 36.0 Å². The smallest absolute Gasteiger partial charge is 0.221 e. The Bertz CT molecular complexity index is 735. The van der Waals surface area contributed by atoms with E-state index in [-0.39, 0.29) is 18.1 Å². The summed E-state index contributed by atoms with van der Waals surface area (Å²) < 4.78 is 5.97. The number of thiophene rings is 1. The van der Waals surface area contributed by atoms with Gasteiger partial charge < -0.3 is 10.1 Å². The molecule has 140 valence electrons. The van der Waals surface area contributed by atoms with Crippen molar-refractivity contribution in [2.45, 2.75) is 45.4 Å². The molecule has 0 saturated carbocycles. The molecule has 1 aliphatic rings. The van der Waals surface area contributed by atoms with Gasteiger partial charge >= 0.3 is 0 Å². The zero-order chi connectivity index (χ0) is 18.5. The van der Waals surface area contributed by atoms with Crippen LogP contribution in [0.4, 0.5) is 0 Å². The van der Waals surface area contributed by atoms with Gasteiger partial charge in [-0.05, 0) is 60.9 Å². The third-order valence-electron chi connectivity index (χ3n) is 4.44. The third kappa shape index (κ3) is 5.47. The number of hydrogen-bond acceptors (Lipinski definition) is 4. The molecule has 0 aliphatic carbocycles. The first kappa shape index (κ1) is 19.2. The van der Waals surface area contributed by atoms with E-state index in [4.69, 9.17) is 16.3 Å². The number of nitrogens with one attached hydrogen (secondary N) is 1. The lowest BCUT2D eigenvalue weighted by Gasteiger charge is -2.22. The Hall–Kier alpha value is -1.56. The normalized spacial score (nSPS) is 18.5. The molecule has 1 aromatic heterocycles. The molecule has 3 rings (SSSR count). The molecule has 2 unspecified atom stereocenters. The summed E-state index contributed by atoms with van der Waals surface area (Å²) in [5, 5.41) is 8.00. The topological polar surface area (TPSA) is 41.6 Å². The summed E-state index contributed by atoms with van der Waals surface area (Å²) in [6, 6.07) is 7.98. The Morgan fingerprint density at radius 3 is 3.08 bits per heavy atom. The number of nitrogens with zero attached hydrogens (tertiary/aromatic N) is 1. The van der Waals surface area contributed by atoms with Crippen molar-refractivity contribution in [2.75, 3.05) is 13.1 Å². The zero-order valence-electron chi connectivity index (χ0n) is 15.2. The van der Waals surface area contributed by atoms with Gasteiger partial charge in [0.15, 0.2) is 0 Å². The number of rotatable bonds is 6. The summed E-state index contributed by atoms with van der Waals surface area (Å²) in [4.78, 5) is 14.6. The number of amides is 1. The molecule has 2 atom stereocenters. The summed E-state index contributed by atoms with van der Waals surface area (Å²) in [6.07, 6.45) is 1.43. The number of benzene rings is 1. The number of halogens is 1. The van der Waals surface area contributed by atoms with Crippen molar-refractivity contribution in [3.8, 4) is 5.75 Å². The highest BCUT2D eigenvalue weighted by molar-refractivity contribution is 7.07. The minimum Gasteiger partial charge on any atom is -0.489 e. The van der Waals surface area contributed by atoms with Crippen molar-refractivity contribution < 1.29 is 9.53 Å². The maximum atomic E-state index is 12.3. The number of hydrogen-bond donors (Lipinski definition) is 1. The van der Waals surface area contributed by atoms with Crippen LogP contribution in [0.15, 0.2) is 35.0 Å². The second kappa shape index (κ2) is 8.89. The molecule has 4 nitrogen and oxygen atoms in total. The molecule has 1 aliphatic heterocycles. The van der Waals surface area contributed by atoms with Crippen molar-refractivity contribution in [3.05, 3.63) is 51.2 Å². The number of carbonyl (C=O) groups excluding carboxylic acids is 1. The highest BCUT2D eigenvalue weighted by Gasteiger charge is 2.21. The molecule has 0 bridgehead atoms. The van der Waals surface area contributed by atoms with Crippen LogP contribution in [-0.2, 0) is 17.8 Å². The molecule has 0 radical (unpaired) electrons. The van der Waals surface area contributed by atoms with Crippen molar-refractivity contribution in [1.82, 2.24) is 10.2 Å². The first-order valence-electron chi connectivity index (χ1n) is 8.97. The van der Waals surface area contributed by atoms with E-state index >= 15 is 0 Å². The SMILES string of the molecule is CC(Cc1ccsc1)NC(=O)CCN1Cc2cc(Cl)ccc2OC(C)C1. The van der Waals surface area contributed by atoms with E-state index < -0.39 is 0 Å². The predicted molar refractivity (Wildman–Crippen MR) is 107 cm³/mol. The fraction of sp³-hybridized carbons (Fsp3) is 0.450. The predicted octanol–water partition coefficient (Wildman–Crippen LogP) is 4.12. The lowest BCUT2D eigenvalue weighted by Crippen LogP contribution is -2.38. The fourth-order valence-corrected chi connectivity index (χ4v) is 4.18. The molecule has 2 aromatic rings. The molecule has 0 fully saturated rings. The van der Waals surface area contributed by atoms with Crippen LogP contribution in [0.25, 0.3) is 0 Å². The van der Waals surface area contributed by atoms with Gasteiger partial charge in [0.05, 0.1) is 0 Å². The van der Waals surface area contributed by atoms with E-state index in [9.17, 15) is 4.79 Å². The molecule has 0 spiro atoms. The van der Waals surface area contributed by atoms with Gasteiger partial charge in [0.25, 0.3) is 0 Å². The van der Waals surface area contributed by atoms with Gasteiger partial charge in [0.2, 0.25) is 5.91 Å². The lowest BCUT2D eigenvalue weighted by molar-refractivity contribution is -0.122. The van der Waals surface area contributed by atoms with Gasteiger partial charge in [0.1, 0.15) is 11.9 Å². The molecular weight excluding hydrogens is 368 g/mol. The van der Waals surface area contributed by atoms with Crippen LogP contribution in [0.5, 0.6) is 5.75 Å². The van der Waals surface area contributed by atoms with Gasteiger partial charge in [0, 0.05) is 42.7 Å². The van der Waals surface area contributed by atoms with E-state index in [1.54, 1.807) is 11.3 Å². The van der Waals surface area contributed by atoms with Gasteiger partial charge in [-0.15, -0.1) is 0 Å². The summed E-state index contributed by atoms with van der Waals surface area (Å²) in [6.45, 7) is 6.36. The lowest BCUT2D eigenvalue weighted by atomic mass is 10.1. The Morgan fingerprint density at radius 2 is 2.31 bits per heavy atom. The second-order valence-corrected chi connectivity index (χ2v) is 8.19. The third-order valence-corrected chi connectivity index (χ3v) is 5.41. The van der Waals surface area contributed by atoms with Gasteiger partial charge in [-0.1, -0.05) is 11.6 Å². The summed E-state index contributed by atoms with van der Waals surface area (Å²) in [5.74, 6) is 0.982. The van der Waals surface area contributed by atoms with Crippen molar-refractivity contribution >= 4 is 28.8 Å². The standard InChI is InChI=1S/C20H25ClN2O2S/c1-14(9-16-6-8-26-13-16)22-20(24)5-7-23-11-15(2)25-19-4-3-18(21)10-17(19)12-23/h3-4,6,8,10,13-15H,5,7,9,11-12H2,1-2H3,(H,22,24).